The fourth-order valence-electron chi connectivity index (χ4n) is 7.64. The van der Waals surface area contributed by atoms with Crippen LogP contribution in [-0.2, 0) is 14.3 Å². The Labute approximate surface area is 407 Å². The first-order chi connectivity index (χ1) is 32.5. The Morgan fingerprint density at radius 2 is 0.894 bits per heavy atom. The van der Waals surface area contributed by atoms with Crippen molar-refractivity contribution in [3.63, 3.8) is 0 Å². The second-order valence-corrected chi connectivity index (χ2v) is 18.0. The van der Waals surface area contributed by atoms with Crippen LogP contribution < -0.4 is 5.32 Å². The number of ether oxygens (including phenoxy) is 1. The predicted molar refractivity (Wildman–Crippen MR) is 287 cm³/mol. The molecule has 6 nitrogen and oxygen atoms in total. The third-order valence-corrected chi connectivity index (χ3v) is 11.7. The van der Waals surface area contributed by atoms with Crippen molar-refractivity contribution in [2.24, 2.45) is 0 Å². The molecule has 3 atom stereocenters. The number of rotatable bonds is 47. The first-order valence-corrected chi connectivity index (χ1v) is 27.2. The van der Waals surface area contributed by atoms with E-state index >= 15 is 0 Å². The third-order valence-electron chi connectivity index (χ3n) is 11.7. The van der Waals surface area contributed by atoms with Gasteiger partial charge in [0.2, 0.25) is 5.91 Å². The van der Waals surface area contributed by atoms with E-state index in [0.29, 0.717) is 19.3 Å². The summed E-state index contributed by atoms with van der Waals surface area (Å²) in [5, 5.41) is 23.8. The van der Waals surface area contributed by atoms with E-state index in [2.05, 4.69) is 111 Å². The normalized spacial score (nSPS) is 14.1. The van der Waals surface area contributed by atoms with E-state index in [1.54, 1.807) is 0 Å². The van der Waals surface area contributed by atoms with Crippen LogP contribution in [0.25, 0.3) is 0 Å². The number of aliphatic hydroxyl groups excluding tert-OH is 2. The average Bonchev–Trinajstić information content (AvgIpc) is 3.31. The number of carbonyl (C=O) groups is 2. The SMILES string of the molecule is CC/C=C\C/C=C\C/C=C\C/C=C\C/C=C\CCCCCC(=O)OC(CCCCC\C=C/C=C/C=C/C=C/CC)CC(=O)NC(CO)C(O)CCCCCCCCCCCCCCCCC. The van der Waals surface area contributed by atoms with Gasteiger partial charge in [-0.2, -0.15) is 0 Å². The van der Waals surface area contributed by atoms with Crippen molar-refractivity contribution in [1.82, 2.24) is 5.32 Å². The lowest BCUT2D eigenvalue weighted by atomic mass is 10.0. The van der Waals surface area contributed by atoms with Crippen molar-refractivity contribution < 1.29 is 24.5 Å². The molecule has 1 amide bonds. The molecule has 0 aromatic carbocycles. The Morgan fingerprint density at radius 3 is 1.42 bits per heavy atom. The lowest BCUT2D eigenvalue weighted by Gasteiger charge is -2.24. The fourth-order valence-corrected chi connectivity index (χ4v) is 7.64. The Kier molecular flexibility index (Phi) is 49.7. The minimum Gasteiger partial charge on any atom is -0.462 e. The maximum Gasteiger partial charge on any atom is 0.306 e. The molecule has 0 saturated carbocycles. The summed E-state index contributed by atoms with van der Waals surface area (Å²) in [6.07, 6.45) is 71.5. The smallest absolute Gasteiger partial charge is 0.306 e. The highest BCUT2D eigenvalue weighted by molar-refractivity contribution is 5.77. The summed E-state index contributed by atoms with van der Waals surface area (Å²) in [5.41, 5.74) is 0. The van der Waals surface area contributed by atoms with Gasteiger partial charge >= 0.3 is 5.97 Å². The minimum absolute atomic E-state index is 0.0314. The molecule has 0 aliphatic rings. The molecule has 0 aliphatic heterocycles. The van der Waals surface area contributed by atoms with Crippen LogP contribution in [0.2, 0.25) is 0 Å². The molecule has 0 saturated heterocycles. The maximum absolute atomic E-state index is 13.2. The van der Waals surface area contributed by atoms with E-state index in [9.17, 15) is 19.8 Å². The molecule has 0 radical (unpaired) electrons. The molecular formula is C60H101NO5. The quantitative estimate of drug-likeness (QED) is 0.0245. The highest BCUT2D eigenvalue weighted by atomic mass is 16.5. The molecule has 0 heterocycles. The van der Waals surface area contributed by atoms with Gasteiger partial charge in [0.15, 0.2) is 0 Å². The molecule has 0 rings (SSSR count). The summed E-state index contributed by atoms with van der Waals surface area (Å²) in [4.78, 5) is 26.2. The van der Waals surface area contributed by atoms with Crippen molar-refractivity contribution in [1.29, 1.82) is 0 Å². The number of hydrogen-bond donors (Lipinski definition) is 3. The van der Waals surface area contributed by atoms with Crippen LogP contribution in [0.4, 0.5) is 0 Å². The van der Waals surface area contributed by atoms with Crippen molar-refractivity contribution in [2.45, 2.75) is 251 Å². The third kappa shape index (κ3) is 47.0. The zero-order valence-corrected chi connectivity index (χ0v) is 42.8. The molecule has 0 fully saturated rings. The van der Waals surface area contributed by atoms with E-state index in [1.807, 2.05) is 24.3 Å². The van der Waals surface area contributed by atoms with Crippen LogP contribution in [0, 0.1) is 0 Å². The summed E-state index contributed by atoms with van der Waals surface area (Å²) < 4.78 is 5.91. The van der Waals surface area contributed by atoms with Crippen LogP contribution in [0.3, 0.4) is 0 Å². The van der Waals surface area contributed by atoms with Crippen molar-refractivity contribution in [3.05, 3.63) is 109 Å². The summed E-state index contributed by atoms with van der Waals surface area (Å²) in [6, 6.07) is -0.729. The minimum atomic E-state index is -0.812. The molecule has 376 valence electrons. The molecule has 6 heteroatoms. The number of allylic oxidation sites excluding steroid dienone is 18. The van der Waals surface area contributed by atoms with E-state index < -0.39 is 18.2 Å². The van der Waals surface area contributed by atoms with Crippen LogP contribution in [0.5, 0.6) is 0 Å². The Balaban J connectivity index is 4.67. The maximum atomic E-state index is 13.2. The van der Waals surface area contributed by atoms with E-state index in [-0.39, 0.29) is 24.9 Å². The molecule has 3 N–H and O–H groups in total. The molecule has 3 unspecified atom stereocenters. The van der Waals surface area contributed by atoms with Crippen molar-refractivity contribution in [3.8, 4) is 0 Å². The van der Waals surface area contributed by atoms with Gasteiger partial charge in [-0.15, -0.1) is 0 Å². The molecule has 0 spiro atoms. The first kappa shape index (κ1) is 62.5. The van der Waals surface area contributed by atoms with E-state index in [1.165, 1.54) is 77.0 Å². The van der Waals surface area contributed by atoms with Gasteiger partial charge in [-0.3, -0.25) is 9.59 Å². The molecular weight excluding hydrogens is 815 g/mol. The van der Waals surface area contributed by atoms with Crippen molar-refractivity contribution in [2.75, 3.05) is 6.61 Å². The van der Waals surface area contributed by atoms with Crippen LogP contribution >= 0.6 is 0 Å². The van der Waals surface area contributed by atoms with Gasteiger partial charge in [0.25, 0.3) is 0 Å². The summed E-state index contributed by atoms with van der Waals surface area (Å²) in [6.45, 7) is 6.21. The van der Waals surface area contributed by atoms with Gasteiger partial charge in [0.1, 0.15) is 6.10 Å². The average molecular weight is 916 g/mol. The predicted octanol–water partition coefficient (Wildman–Crippen LogP) is 16.7. The van der Waals surface area contributed by atoms with Crippen molar-refractivity contribution >= 4 is 11.9 Å². The van der Waals surface area contributed by atoms with Gasteiger partial charge in [-0.25, -0.2) is 0 Å². The number of nitrogens with one attached hydrogen (secondary N) is 1. The number of unbranched alkanes of at least 4 members (excludes halogenated alkanes) is 20. The van der Waals surface area contributed by atoms with E-state index in [0.717, 1.165) is 109 Å². The lowest BCUT2D eigenvalue weighted by molar-refractivity contribution is -0.151. The molecule has 0 aliphatic carbocycles. The summed E-state index contributed by atoms with van der Waals surface area (Å²) >= 11 is 0. The van der Waals surface area contributed by atoms with Gasteiger partial charge in [-0.1, -0.05) is 239 Å². The number of hydrogen-bond acceptors (Lipinski definition) is 5. The molecule has 66 heavy (non-hydrogen) atoms. The summed E-state index contributed by atoms with van der Waals surface area (Å²) in [5.74, 6) is -0.558. The molecule has 0 aromatic rings. The fraction of sp³-hybridized carbons (Fsp3) is 0.667. The number of carbonyl (C=O) groups excluding carboxylic acids is 2. The summed E-state index contributed by atoms with van der Waals surface area (Å²) in [7, 11) is 0. The number of aliphatic hydroxyl groups is 2. The zero-order valence-electron chi connectivity index (χ0n) is 42.8. The highest BCUT2D eigenvalue weighted by Crippen LogP contribution is 2.17. The molecule has 0 bridgehead atoms. The van der Waals surface area contributed by atoms with Crippen LogP contribution in [0.15, 0.2) is 109 Å². The Bertz CT molecular complexity index is 1350. The van der Waals surface area contributed by atoms with Gasteiger partial charge in [0.05, 0.1) is 25.2 Å². The second-order valence-electron chi connectivity index (χ2n) is 18.0. The number of amides is 1. The Morgan fingerprint density at radius 1 is 0.470 bits per heavy atom. The Hall–Kier alpha value is -3.48. The van der Waals surface area contributed by atoms with Crippen LogP contribution in [-0.4, -0.2) is 46.9 Å². The zero-order chi connectivity index (χ0) is 48.1. The van der Waals surface area contributed by atoms with E-state index in [4.69, 9.17) is 4.74 Å². The molecule has 0 aromatic heterocycles. The van der Waals surface area contributed by atoms with Gasteiger partial charge in [-0.05, 0) is 89.9 Å². The second kappa shape index (κ2) is 52.5. The first-order valence-electron chi connectivity index (χ1n) is 27.2. The van der Waals surface area contributed by atoms with Gasteiger partial charge in [0, 0.05) is 6.42 Å². The highest BCUT2D eigenvalue weighted by Gasteiger charge is 2.24. The standard InChI is InChI=1S/C60H101NO5/c1-4-7-10-13-16-19-22-25-27-28-29-30-32-35-38-41-44-47-50-53-60(65)66-56(51-48-45-42-39-36-33-24-21-18-15-12-9-6-3)54-59(64)61-57(55-62)58(63)52-49-46-43-40-37-34-31-26-23-20-17-14-11-8-5-2/h7,9-10,12,15-16,18-19,21,24-25,27,29-30,33,35-36,38,56-58,62-63H,4-6,8,11,13-14,17,20,22-23,26,28,31-32,34,37,39-55H2,1-3H3,(H,61,64)/b10-7-,12-9+,18-15+,19-16-,24-21+,27-25-,30-29-,36-33-,38-35-. The largest absolute Gasteiger partial charge is 0.462 e. The lowest BCUT2D eigenvalue weighted by Crippen LogP contribution is -2.46. The number of esters is 1. The topological polar surface area (TPSA) is 95.9 Å². The van der Waals surface area contributed by atoms with Gasteiger partial charge < -0.3 is 20.3 Å². The van der Waals surface area contributed by atoms with Crippen LogP contribution in [0.1, 0.15) is 233 Å². The monoisotopic (exact) mass is 916 g/mol.